The predicted octanol–water partition coefficient (Wildman–Crippen LogP) is 3.06. The fraction of sp³-hybridized carbons (Fsp3) is 0.0769. The smallest absolute Gasteiger partial charge is 0.270 e. The molecule has 0 aliphatic heterocycles. The molecule has 0 saturated heterocycles. The fourth-order valence-corrected chi connectivity index (χ4v) is 3.26. The molecule has 2 rings (SSSR count). The van der Waals surface area contributed by atoms with Gasteiger partial charge in [-0.2, -0.15) is 0 Å². The van der Waals surface area contributed by atoms with Crippen LogP contribution in [0.15, 0.2) is 47.4 Å². The Morgan fingerprint density at radius 2 is 1.82 bits per heavy atom. The van der Waals surface area contributed by atoms with E-state index in [2.05, 4.69) is 4.72 Å². The predicted molar refractivity (Wildman–Crippen MR) is 81.9 cm³/mol. The second-order valence-electron chi connectivity index (χ2n) is 4.21. The van der Waals surface area contributed by atoms with Crippen LogP contribution in [0.1, 0.15) is 0 Å². The van der Waals surface area contributed by atoms with Crippen molar-refractivity contribution in [2.75, 3.05) is 11.8 Å². The van der Waals surface area contributed by atoms with Crippen LogP contribution in [0, 0.1) is 10.1 Å². The first-order chi connectivity index (χ1) is 10.3. The summed E-state index contributed by atoms with van der Waals surface area (Å²) in [7, 11) is -2.56. The Hall–Kier alpha value is -2.32. The fourth-order valence-electron chi connectivity index (χ4n) is 1.68. The number of ether oxygens (including phenoxy) is 1. The van der Waals surface area contributed by atoms with Crippen molar-refractivity contribution in [3.63, 3.8) is 0 Å². The zero-order chi connectivity index (χ0) is 16.3. The number of rotatable bonds is 5. The molecule has 0 bridgehead atoms. The van der Waals surface area contributed by atoms with Crippen molar-refractivity contribution in [3.8, 4) is 5.75 Å². The molecule has 0 saturated carbocycles. The highest BCUT2D eigenvalue weighted by atomic mass is 35.5. The molecule has 0 unspecified atom stereocenters. The van der Waals surface area contributed by atoms with E-state index in [-0.39, 0.29) is 21.3 Å². The summed E-state index contributed by atoms with van der Waals surface area (Å²) in [6.07, 6.45) is 0. The summed E-state index contributed by atoms with van der Waals surface area (Å²) in [5, 5.41) is 10.6. The van der Waals surface area contributed by atoms with Crippen molar-refractivity contribution in [3.05, 3.63) is 57.6 Å². The lowest BCUT2D eigenvalue weighted by molar-refractivity contribution is -0.385. The number of methoxy groups -OCH3 is 1. The van der Waals surface area contributed by atoms with Crippen LogP contribution in [0.4, 0.5) is 11.4 Å². The Morgan fingerprint density at radius 3 is 2.36 bits per heavy atom. The van der Waals surface area contributed by atoms with Crippen LogP contribution in [0.25, 0.3) is 0 Å². The average Bonchev–Trinajstić information content (AvgIpc) is 2.47. The SMILES string of the molecule is COc1ccc(NS(=O)(=O)c2cc([N+](=O)[O-])ccc2Cl)cc1. The largest absolute Gasteiger partial charge is 0.497 e. The lowest BCUT2D eigenvalue weighted by Gasteiger charge is -2.10. The van der Waals surface area contributed by atoms with Gasteiger partial charge in [-0.15, -0.1) is 0 Å². The molecular formula is C13H11ClN2O5S. The van der Waals surface area contributed by atoms with Gasteiger partial charge in [0.15, 0.2) is 0 Å². The van der Waals surface area contributed by atoms with E-state index in [1.54, 1.807) is 12.1 Å². The van der Waals surface area contributed by atoms with Crippen LogP contribution in [0.3, 0.4) is 0 Å². The molecule has 0 heterocycles. The molecule has 0 atom stereocenters. The molecule has 0 aromatic heterocycles. The van der Waals surface area contributed by atoms with Crippen molar-refractivity contribution in [1.29, 1.82) is 0 Å². The Morgan fingerprint density at radius 1 is 1.18 bits per heavy atom. The van der Waals surface area contributed by atoms with Gasteiger partial charge in [0.05, 0.1) is 17.1 Å². The lowest BCUT2D eigenvalue weighted by Crippen LogP contribution is -2.13. The van der Waals surface area contributed by atoms with Gasteiger partial charge in [0, 0.05) is 17.8 Å². The van der Waals surface area contributed by atoms with Crippen molar-refractivity contribution < 1.29 is 18.1 Å². The highest BCUT2D eigenvalue weighted by Crippen LogP contribution is 2.28. The van der Waals surface area contributed by atoms with Gasteiger partial charge in [-0.3, -0.25) is 14.8 Å². The van der Waals surface area contributed by atoms with Crippen molar-refractivity contribution in [1.82, 2.24) is 0 Å². The number of sulfonamides is 1. The van der Waals surface area contributed by atoms with E-state index in [4.69, 9.17) is 16.3 Å². The minimum absolute atomic E-state index is 0.105. The third-order valence-corrected chi connectivity index (χ3v) is 4.62. The number of nitro benzene ring substituents is 1. The molecule has 0 amide bonds. The number of nitrogens with one attached hydrogen (secondary N) is 1. The van der Waals surface area contributed by atoms with E-state index in [1.165, 1.54) is 25.3 Å². The van der Waals surface area contributed by atoms with E-state index >= 15 is 0 Å². The number of nitrogens with zero attached hydrogens (tertiary/aromatic N) is 1. The summed E-state index contributed by atoms with van der Waals surface area (Å²) in [4.78, 5) is 9.70. The van der Waals surface area contributed by atoms with Gasteiger partial charge in [-0.05, 0) is 30.3 Å². The first-order valence-electron chi connectivity index (χ1n) is 5.94. The van der Waals surface area contributed by atoms with E-state index in [0.717, 1.165) is 12.1 Å². The van der Waals surface area contributed by atoms with Gasteiger partial charge >= 0.3 is 0 Å². The molecular weight excluding hydrogens is 332 g/mol. The van der Waals surface area contributed by atoms with Crippen LogP contribution in [0.2, 0.25) is 5.02 Å². The Bertz CT molecular complexity index is 806. The Balaban J connectivity index is 2.37. The second-order valence-corrected chi connectivity index (χ2v) is 6.26. The topological polar surface area (TPSA) is 98.5 Å². The second kappa shape index (κ2) is 6.20. The molecule has 9 heteroatoms. The van der Waals surface area contributed by atoms with Crippen LogP contribution < -0.4 is 9.46 Å². The maximum Gasteiger partial charge on any atom is 0.270 e. The number of benzene rings is 2. The molecule has 0 aliphatic carbocycles. The Kier molecular flexibility index (Phi) is 4.53. The van der Waals surface area contributed by atoms with E-state index in [0.29, 0.717) is 5.75 Å². The van der Waals surface area contributed by atoms with E-state index in [9.17, 15) is 18.5 Å². The summed E-state index contributed by atoms with van der Waals surface area (Å²) in [5.41, 5.74) is -0.0807. The van der Waals surface area contributed by atoms with Crippen LogP contribution in [-0.2, 0) is 10.0 Å². The molecule has 7 nitrogen and oxygen atoms in total. The minimum atomic E-state index is -4.05. The number of anilines is 1. The number of hydrogen-bond donors (Lipinski definition) is 1. The van der Waals surface area contributed by atoms with Crippen LogP contribution in [0.5, 0.6) is 5.75 Å². The molecule has 0 aliphatic rings. The van der Waals surface area contributed by atoms with Crippen molar-refractivity contribution in [2.24, 2.45) is 0 Å². The van der Waals surface area contributed by atoms with Crippen molar-refractivity contribution in [2.45, 2.75) is 4.90 Å². The van der Waals surface area contributed by atoms with Gasteiger partial charge in [0.1, 0.15) is 10.6 Å². The lowest BCUT2D eigenvalue weighted by atomic mass is 10.3. The first-order valence-corrected chi connectivity index (χ1v) is 7.80. The van der Waals surface area contributed by atoms with Gasteiger partial charge in [0.2, 0.25) is 0 Å². The third-order valence-electron chi connectivity index (χ3n) is 2.76. The maximum absolute atomic E-state index is 12.3. The summed E-state index contributed by atoms with van der Waals surface area (Å²) in [6.45, 7) is 0. The standard InChI is InChI=1S/C13H11ClN2O5S/c1-21-11-5-2-9(3-6-11)15-22(19,20)13-8-10(16(17)18)4-7-12(13)14/h2-8,15H,1H3. The molecule has 22 heavy (non-hydrogen) atoms. The Labute approximate surface area is 131 Å². The molecule has 0 spiro atoms. The monoisotopic (exact) mass is 342 g/mol. The molecule has 1 N–H and O–H groups in total. The van der Waals surface area contributed by atoms with Crippen LogP contribution >= 0.6 is 11.6 Å². The number of halogens is 1. The summed E-state index contributed by atoms with van der Waals surface area (Å²) in [5.74, 6) is 0.566. The highest BCUT2D eigenvalue weighted by Gasteiger charge is 2.21. The number of non-ortho nitro benzene ring substituents is 1. The molecule has 0 radical (unpaired) electrons. The van der Waals surface area contributed by atoms with Crippen LogP contribution in [-0.4, -0.2) is 20.5 Å². The summed E-state index contributed by atoms with van der Waals surface area (Å²) >= 11 is 5.84. The van der Waals surface area contributed by atoms with E-state index < -0.39 is 14.9 Å². The molecule has 116 valence electrons. The summed E-state index contributed by atoms with van der Waals surface area (Å²) in [6, 6.07) is 9.37. The third kappa shape index (κ3) is 3.46. The number of nitro groups is 1. The zero-order valence-electron chi connectivity index (χ0n) is 11.3. The zero-order valence-corrected chi connectivity index (χ0v) is 12.9. The quantitative estimate of drug-likeness (QED) is 0.665. The van der Waals surface area contributed by atoms with Gasteiger partial charge in [0.25, 0.3) is 15.7 Å². The molecule has 2 aromatic carbocycles. The normalized spacial score (nSPS) is 11.0. The maximum atomic E-state index is 12.3. The molecule has 2 aromatic rings. The first kappa shape index (κ1) is 16.1. The van der Waals surface area contributed by atoms with Gasteiger partial charge in [-0.25, -0.2) is 8.42 Å². The van der Waals surface area contributed by atoms with E-state index in [1.807, 2.05) is 0 Å². The average molecular weight is 343 g/mol. The van der Waals surface area contributed by atoms with Gasteiger partial charge < -0.3 is 4.74 Å². The minimum Gasteiger partial charge on any atom is -0.497 e. The highest BCUT2D eigenvalue weighted by molar-refractivity contribution is 7.92. The van der Waals surface area contributed by atoms with Gasteiger partial charge in [-0.1, -0.05) is 11.6 Å². The summed E-state index contributed by atoms with van der Waals surface area (Å²) < 4.78 is 31.9. The molecule has 0 fully saturated rings. The number of hydrogen-bond acceptors (Lipinski definition) is 5. The van der Waals surface area contributed by atoms with Crippen molar-refractivity contribution >= 4 is 33.0 Å².